The van der Waals surface area contributed by atoms with E-state index < -0.39 is 6.09 Å². The molecule has 2 aromatic carbocycles. The van der Waals surface area contributed by atoms with Crippen LogP contribution in [0.2, 0.25) is 0 Å². The van der Waals surface area contributed by atoms with Gasteiger partial charge in [0.25, 0.3) is 5.91 Å². The minimum atomic E-state index is -0.853. The number of benzene rings is 2. The van der Waals surface area contributed by atoms with E-state index in [0.717, 1.165) is 37.6 Å². The van der Waals surface area contributed by atoms with E-state index in [-0.39, 0.29) is 23.3 Å². The molecule has 0 aliphatic carbocycles. The number of nitrogens with zero attached hydrogens (tertiary/aromatic N) is 2. The lowest BCUT2D eigenvalue weighted by Gasteiger charge is -2.44. The summed E-state index contributed by atoms with van der Waals surface area (Å²) in [4.78, 5) is 26.3. The molecule has 6 nitrogen and oxygen atoms in total. The van der Waals surface area contributed by atoms with Gasteiger partial charge in [-0.3, -0.25) is 4.79 Å². The van der Waals surface area contributed by atoms with Gasteiger partial charge in [0, 0.05) is 53.0 Å². The van der Waals surface area contributed by atoms with Crippen molar-refractivity contribution in [2.45, 2.75) is 66.0 Å². The van der Waals surface area contributed by atoms with Crippen molar-refractivity contribution in [2.75, 3.05) is 13.1 Å². The number of piperidine rings is 1. The first-order valence-corrected chi connectivity index (χ1v) is 12.5. The number of para-hydroxylation sites is 1. The highest BCUT2D eigenvalue weighted by molar-refractivity contribution is 6.10. The Hall–Kier alpha value is -3.02. The van der Waals surface area contributed by atoms with E-state index in [1.807, 2.05) is 18.2 Å². The van der Waals surface area contributed by atoms with E-state index in [9.17, 15) is 14.7 Å². The molecule has 0 saturated carbocycles. The Kier molecular flexibility index (Phi) is 6.87. The van der Waals surface area contributed by atoms with Gasteiger partial charge in [-0.1, -0.05) is 52.3 Å². The molecule has 6 heteroatoms. The summed E-state index contributed by atoms with van der Waals surface area (Å²) >= 11 is 0. The number of amides is 2. The predicted octanol–water partition coefficient (Wildman–Crippen LogP) is 6.13. The number of unbranched alkanes of at least 4 members (excludes halogenated alkanes) is 1. The topological polar surface area (TPSA) is 74.6 Å². The molecule has 1 aliphatic heterocycles. The zero-order valence-corrected chi connectivity index (χ0v) is 20.8. The van der Waals surface area contributed by atoms with Crippen molar-refractivity contribution in [3.8, 4) is 0 Å². The fraction of sp³-hybridized carbons (Fsp3) is 0.500. The van der Waals surface area contributed by atoms with Crippen LogP contribution in [0.3, 0.4) is 0 Å². The number of aromatic nitrogens is 1. The second-order valence-electron chi connectivity index (χ2n) is 10.7. The molecule has 1 saturated heterocycles. The lowest BCUT2D eigenvalue weighted by atomic mass is 9.77. The van der Waals surface area contributed by atoms with Crippen LogP contribution in [0, 0.1) is 11.3 Å². The fourth-order valence-electron chi connectivity index (χ4n) is 5.36. The van der Waals surface area contributed by atoms with Gasteiger partial charge in [-0.05, 0) is 54.9 Å². The number of hydrogen-bond acceptors (Lipinski definition) is 2. The summed E-state index contributed by atoms with van der Waals surface area (Å²) in [7, 11) is 0. The Morgan fingerprint density at radius 3 is 2.53 bits per heavy atom. The molecule has 2 atom stereocenters. The summed E-state index contributed by atoms with van der Waals surface area (Å²) in [5.74, 6) is 0.198. The monoisotopic (exact) mass is 463 g/mol. The van der Waals surface area contributed by atoms with Gasteiger partial charge in [0.15, 0.2) is 0 Å². The molecule has 3 aromatic rings. The van der Waals surface area contributed by atoms with Crippen LogP contribution < -0.4 is 5.32 Å². The van der Waals surface area contributed by atoms with Gasteiger partial charge in [-0.2, -0.15) is 0 Å². The number of carbonyl (C=O) groups is 2. The first-order valence-electron chi connectivity index (χ1n) is 12.5. The van der Waals surface area contributed by atoms with Crippen LogP contribution in [-0.2, 0) is 6.54 Å². The fourth-order valence-corrected chi connectivity index (χ4v) is 5.36. The molecule has 0 radical (unpaired) electrons. The van der Waals surface area contributed by atoms with Crippen molar-refractivity contribution in [2.24, 2.45) is 11.3 Å². The van der Waals surface area contributed by atoms with Gasteiger partial charge in [0.05, 0.1) is 0 Å². The highest BCUT2D eigenvalue weighted by atomic mass is 16.4. The Bertz CT molecular complexity index is 1190. The maximum atomic E-state index is 13.1. The normalized spacial score (nSPS) is 19.0. The van der Waals surface area contributed by atoms with Crippen LogP contribution in [0.4, 0.5) is 4.79 Å². The van der Waals surface area contributed by atoms with Crippen molar-refractivity contribution < 1.29 is 14.7 Å². The predicted molar refractivity (Wildman–Crippen MR) is 137 cm³/mol. The zero-order chi connectivity index (χ0) is 24.5. The molecular weight excluding hydrogens is 426 g/mol. The summed E-state index contributed by atoms with van der Waals surface area (Å²) in [6.45, 7) is 10.5. The highest BCUT2D eigenvalue weighted by Crippen LogP contribution is 2.34. The van der Waals surface area contributed by atoms with Crippen LogP contribution in [0.15, 0.2) is 42.5 Å². The first-order chi connectivity index (χ1) is 16.2. The van der Waals surface area contributed by atoms with E-state index in [2.05, 4.69) is 61.8 Å². The second kappa shape index (κ2) is 9.69. The minimum absolute atomic E-state index is 0.0498. The molecule has 34 heavy (non-hydrogen) atoms. The van der Waals surface area contributed by atoms with Crippen molar-refractivity contribution in [1.82, 2.24) is 14.8 Å². The molecule has 1 aromatic heterocycles. The van der Waals surface area contributed by atoms with E-state index in [0.29, 0.717) is 18.7 Å². The third-order valence-electron chi connectivity index (χ3n) is 7.28. The highest BCUT2D eigenvalue weighted by Gasteiger charge is 2.38. The molecule has 1 aliphatic rings. The van der Waals surface area contributed by atoms with E-state index in [1.165, 1.54) is 16.4 Å². The summed E-state index contributed by atoms with van der Waals surface area (Å²) in [5, 5.41) is 15.0. The molecule has 1 fully saturated rings. The van der Waals surface area contributed by atoms with Crippen molar-refractivity contribution in [3.05, 3.63) is 48.0 Å². The number of carboxylic acid groups (broad SMARTS) is 1. The SMILES string of the molecule is CCCCn1c2ccccc2c2cc(C(=O)NCC3CCN(C(=O)O)C(C(C)(C)C)C3)ccc21. The molecule has 2 amide bonds. The molecule has 2 unspecified atom stereocenters. The number of nitrogens with one attached hydrogen (secondary N) is 1. The molecule has 2 heterocycles. The lowest BCUT2D eigenvalue weighted by molar-refractivity contribution is 0.0402. The Labute approximate surface area is 201 Å². The zero-order valence-electron chi connectivity index (χ0n) is 20.8. The Morgan fingerprint density at radius 2 is 1.82 bits per heavy atom. The maximum absolute atomic E-state index is 13.1. The average molecular weight is 464 g/mol. The largest absolute Gasteiger partial charge is 0.465 e. The van der Waals surface area contributed by atoms with Gasteiger partial charge in [-0.15, -0.1) is 0 Å². The summed E-state index contributed by atoms with van der Waals surface area (Å²) in [6.07, 6.45) is 2.93. The second-order valence-corrected chi connectivity index (χ2v) is 10.7. The number of carbonyl (C=O) groups excluding carboxylic acids is 1. The van der Waals surface area contributed by atoms with E-state index in [4.69, 9.17) is 0 Å². The Morgan fingerprint density at radius 1 is 1.09 bits per heavy atom. The minimum Gasteiger partial charge on any atom is -0.465 e. The quantitative estimate of drug-likeness (QED) is 0.462. The van der Waals surface area contributed by atoms with Crippen LogP contribution in [0.5, 0.6) is 0 Å². The summed E-state index contributed by atoms with van der Waals surface area (Å²) in [5.41, 5.74) is 2.90. The maximum Gasteiger partial charge on any atom is 0.407 e. The van der Waals surface area contributed by atoms with Crippen LogP contribution >= 0.6 is 0 Å². The van der Waals surface area contributed by atoms with Gasteiger partial charge in [0.2, 0.25) is 0 Å². The van der Waals surface area contributed by atoms with Gasteiger partial charge in [-0.25, -0.2) is 4.79 Å². The molecule has 2 N–H and O–H groups in total. The third-order valence-corrected chi connectivity index (χ3v) is 7.28. The number of likely N-dealkylation sites (tertiary alicyclic amines) is 1. The van der Waals surface area contributed by atoms with Crippen molar-refractivity contribution in [1.29, 1.82) is 0 Å². The average Bonchev–Trinajstić information content (AvgIpc) is 3.13. The van der Waals surface area contributed by atoms with Gasteiger partial charge < -0.3 is 19.9 Å². The number of rotatable bonds is 6. The smallest absolute Gasteiger partial charge is 0.407 e. The molecule has 4 rings (SSSR count). The first kappa shape index (κ1) is 24.1. The summed E-state index contributed by atoms with van der Waals surface area (Å²) < 4.78 is 2.36. The van der Waals surface area contributed by atoms with Gasteiger partial charge >= 0.3 is 6.09 Å². The lowest BCUT2D eigenvalue weighted by Crippen LogP contribution is -2.52. The van der Waals surface area contributed by atoms with Crippen LogP contribution in [0.25, 0.3) is 21.8 Å². The summed E-state index contributed by atoms with van der Waals surface area (Å²) in [6, 6.07) is 14.4. The molecular formula is C28H37N3O3. The van der Waals surface area contributed by atoms with E-state index in [1.54, 1.807) is 4.90 Å². The van der Waals surface area contributed by atoms with Crippen LogP contribution in [-0.4, -0.2) is 45.7 Å². The number of fused-ring (bicyclic) bond motifs is 3. The van der Waals surface area contributed by atoms with Crippen molar-refractivity contribution in [3.63, 3.8) is 0 Å². The number of aryl methyl sites for hydroxylation is 1. The molecule has 0 bridgehead atoms. The number of hydrogen-bond donors (Lipinski definition) is 2. The molecule has 0 spiro atoms. The Balaban J connectivity index is 1.50. The third kappa shape index (κ3) is 4.77. The van der Waals surface area contributed by atoms with E-state index >= 15 is 0 Å². The van der Waals surface area contributed by atoms with Gasteiger partial charge in [0.1, 0.15) is 0 Å². The molecule has 182 valence electrons. The van der Waals surface area contributed by atoms with Crippen molar-refractivity contribution >= 4 is 33.8 Å². The standard InChI is InChI=1S/C28H37N3O3/c1-5-6-14-30-23-10-8-7-9-21(23)22-17-20(11-12-24(22)30)26(32)29-18-19-13-15-31(27(33)34)25(16-19)28(2,3)4/h7-12,17,19,25H,5-6,13-16,18H2,1-4H3,(H,29,32)(H,33,34). The van der Waals surface area contributed by atoms with Crippen LogP contribution in [0.1, 0.15) is 63.7 Å².